The largest absolute Gasteiger partial charge is 0.444 e. The molecule has 7 nitrogen and oxygen atoms in total. The molecule has 0 aliphatic rings. The third-order valence-electron chi connectivity index (χ3n) is 3.66. The van der Waals surface area contributed by atoms with Gasteiger partial charge in [-0.25, -0.2) is 0 Å². The second kappa shape index (κ2) is 8.24. The zero-order chi connectivity index (χ0) is 17.5. The molecule has 0 fully saturated rings. The monoisotopic (exact) mass is 328 g/mol. The van der Waals surface area contributed by atoms with Crippen LogP contribution in [-0.2, 0) is 11.3 Å². The number of aromatic nitrogens is 1. The van der Waals surface area contributed by atoms with Gasteiger partial charge in [0.25, 0.3) is 0 Å². The van der Waals surface area contributed by atoms with E-state index in [2.05, 4.69) is 10.3 Å². The highest BCUT2D eigenvalue weighted by Gasteiger charge is 2.18. The number of hydrogen-bond donors (Lipinski definition) is 2. The van der Waals surface area contributed by atoms with Gasteiger partial charge in [0.1, 0.15) is 17.4 Å². The summed E-state index contributed by atoms with van der Waals surface area (Å²) < 4.78 is 5.43. The molecule has 0 saturated carbocycles. The van der Waals surface area contributed by atoms with E-state index in [0.29, 0.717) is 24.4 Å². The van der Waals surface area contributed by atoms with Gasteiger partial charge in [0.05, 0.1) is 13.2 Å². The number of aliphatic hydroxyl groups is 1. The number of amides is 1. The minimum atomic E-state index is -0.308. The van der Waals surface area contributed by atoms with Crippen molar-refractivity contribution in [1.82, 2.24) is 9.88 Å². The lowest BCUT2D eigenvalue weighted by molar-refractivity contribution is -0.117. The van der Waals surface area contributed by atoms with Crippen molar-refractivity contribution < 1.29 is 14.3 Å². The molecule has 0 bridgehead atoms. The van der Waals surface area contributed by atoms with Crippen LogP contribution in [0.2, 0.25) is 0 Å². The minimum absolute atomic E-state index is 0.0596. The van der Waals surface area contributed by atoms with Crippen molar-refractivity contribution >= 4 is 11.8 Å². The molecule has 1 amide bonds. The fraction of sp³-hybridized carbons (Fsp3) is 0.353. The van der Waals surface area contributed by atoms with Crippen LogP contribution in [0.1, 0.15) is 22.5 Å². The number of nitriles is 1. The van der Waals surface area contributed by atoms with Gasteiger partial charge >= 0.3 is 0 Å². The van der Waals surface area contributed by atoms with Crippen molar-refractivity contribution in [1.29, 1.82) is 5.26 Å². The van der Waals surface area contributed by atoms with Crippen molar-refractivity contribution in [2.24, 2.45) is 0 Å². The van der Waals surface area contributed by atoms with Crippen molar-refractivity contribution in [2.45, 2.75) is 20.4 Å². The maximum Gasteiger partial charge on any atom is 0.240 e. The first-order valence-corrected chi connectivity index (χ1v) is 7.57. The van der Waals surface area contributed by atoms with Crippen LogP contribution < -0.4 is 5.32 Å². The summed E-state index contributed by atoms with van der Waals surface area (Å²) in [5.74, 6) is 0.463. The van der Waals surface area contributed by atoms with Crippen LogP contribution in [0.3, 0.4) is 0 Å². The average molecular weight is 328 g/mol. The molecule has 2 heterocycles. The van der Waals surface area contributed by atoms with E-state index >= 15 is 0 Å². The van der Waals surface area contributed by atoms with E-state index in [1.54, 1.807) is 31.1 Å². The maximum absolute atomic E-state index is 12.3. The van der Waals surface area contributed by atoms with E-state index in [1.807, 2.05) is 18.2 Å². The van der Waals surface area contributed by atoms with Gasteiger partial charge in [-0.3, -0.25) is 20.0 Å². The second-order valence-electron chi connectivity index (χ2n) is 5.44. The van der Waals surface area contributed by atoms with Gasteiger partial charge in [-0.15, -0.1) is 0 Å². The molecular weight excluding hydrogens is 308 g/mol. The molecule has 24 heavy (non-hydrogen) atoms. The fourth-order valence-corrected chi connectivity index (χ4v) is 2.32. The van der Waals surface area contributed by atoms with E-state index in [9.17, 15) is 15.2 Å². The van der Waals surface area contributed by atoms with Gasteiger partial charge < -0.3 is 9.52 Å². The normalized spacial score (nSPS) is 10.6. The first kappa shape index (κ1) is 17.7. The van der Waals surface area contributed by atoms with Crippen LogP contribution in [0.25, 0.3) is 0 Å². The molecule has 7 heteroatoms. The predicted molar refractivity (Wildman–Crippen MR) is 88.1 cm³/mol. The van der Waals surface area contributed by atoms with E-state index in [1.165, 1.54) is 0 Å². The molecule has 126 valence electrons. The van der Waals surface area contributed by atoms with Crippen molar-refractivity contribution in [3.63, 3.8) is 0 Å². The summed E-state index contributed by atoms with van der Waals surface area (Å²) >= 11 is 0. The second-order valence-corrected chi connectivity index (χ2v) is 5.44. The zero-order valence-corrected chi connectivity index (χ0v) is 13.7. The number of carbonyl (C=O) groups excluding carboxylic acids is 1. The van der Waals surface area contributed by atoms with Gasteiger partial charge in [-0.2, -0.15) is 5.26 Å². The number of carbonyl (C=O) groups is 1. The predicted octanol–water partition coefficient (Wildman–Crippen LogP) is 1.60. The minimum Gasteiger partial charge on any atom is -0.444 e. The SMILES string of the molecule is Cc1oc(NC(=O)CN(CCO)Cc2cccnc2)c(C#N)c1C. The van der Waals surface area contributed by atoms with Crippen molar-refractivity contribution in [2.75, 3.05) is 25.0 Å². The highest BCUT2D eigenvalue weighted by atomic mass is 16.4. The van der Waals surface area contributed by atoms with E-state index in [-0.39, 0.29) is 24.9 Å². The van der Waals surface area contributed by atoms with Gasteiger partial charge in [-0.05, 0) is 25.5 Å². The Kier molecular flexibility index (Phi) is 6.07. The Bertz CT molecular complexity index is 734. The Morgan fingerprint density at radius 3 is 2.92 bits per heavy atom. The first-order chi connectivity index (χ1) is 11.5. The highest BCUT2D eigenvalue weighted by molar-refractivity contribution is 5.92. The fourth-order valence-electron chi connectivity index (χ4n) is 2.32. The molecule has 0 unspecified atom stereocenters. The summed E-state index contributed by atoms with van der Waals surface area (Å²) in [5, 5.41) is 21.0. The van der Waals surface area contributed by atoms with Crippen LogP contribution in [0.4, 0.5) is 5.88 Å². The maximum atomic E-state index is 12.3. The molecule has 0 aromatic carbocycles. The summed E-state index contributed by atoms with van der Waals surface area (Å²) in [5.41, 5.74) is 2.00. The van der Waals surface area contributed by atoms with E-state index < -0.39 is 0 Å². The number of aryl methyl sites for hydroxylation is 1. The van der Waals surface area contributed by atoms with Crippen LogP contribution in [0.5, 0.6) is 0 Å². The van der Waals surface area contributed by atoms with Gasteiger partial charge in [0.2, 0.25) is 11.8 Å². The number of furan rings is 1. The van der Waals surface area contributed by atoms with Gasteiger partial charge in [-0.1, -0.05) is 6.07 Å². The lowest BCUT2D eigenvalue weighted by Crippen LogP contribution is -2.35. The zero-order valence-electron chi connectivity index (χ0n) is 13.7. The number of nitrogens with one attached hydrogen (secondary N) is 1. The number of rotatable bonds is 7. The Labute approximate surface area is 140 Å². The number of pyridine rings is 1. The first-order valence-electron chi connectivity index (χ1n) is 7.57. The number of nitrogens with zero attached hydrogens (tertiary/aromatic N) is 3. The van der Waals surface area contributed by atoms with Crippen LogP contribution in [-0.4, -0.2) is 40.6 Å². The quantitative estimate of drug-likeness (QED) is 0.800. The number of aliphatic hydroxyl groups excluding tert-OH is 1. The third-order valence-corrected chi connectivity index (χ3v) is 3.66. The molecule has 2 N–H and O–H groups in total. The Balaban J connectivity index is 2.03. The molecule has 0 saturated heterocycles. The van der Waals surface area contributed by atoms with Crippen LogP contribution in [0, 0.1) is 25.2 Å². The summed E-state index contributed by atoms with van der Waals surface area (Å²) in [7, 11) is 0. The molecule has 2 aromatic heterocycles. The molecule has 2 rings (SSSR count). The number of anilines is 1. The molecule has 0 atom stereocenters. The molecule has 0 aliphatic carbocycles. The Morgan fingerprint density at radius 2 is 2.29 bits per heavy atom. The van der Waals surface area contributed by atoms with E-state index in [0.717, 1.165) is 11.1 Å². The summed E-state index contributed by atoms with van der Waals surface area (Å²) in [6.45, 7) is 4.36. The van der Waals surface area contributed by atoms with Crippen LogP contribution >= 0.6 is 0 Å². The van der Waals surface area contributed by atoms with Crippen LogP contribution in [0.15, 0.2) is 28.9 Å². The Hall–Kier alpha value is -2.69. The molecule has 0 aliphatic heterocycles. The van der Waals surface area contributed by atoms with Crippen molar-refractivity contribution in [3.05, 3.63) is 47.0 Å². The third kappa shape index (κ3) is 4.41. The average Bonchev–Trinajstić information content (AvgIpc) is 2.82. The number of hydrogen-bond acceptors (Lipinski definition) is 6. The lowest BCUT2D eigenvalue weighted by atomic mass is 10.2. The standard InChI is InChI=1S/C17H20N4O3/c1-12-13(2)24-17(15(12)8-18)20-16(23)11-21(6-7-22)10-14-4-3-5-19-9-14/h3-5,9,22H,6-7,10-11H2,1-2H3,(H,20,23). The lowest BCUT2D eigenvalue weighted by Gasteiger charge is -2.20. The van der Waals surface area contributed by atoms with Gasteiger partial charge in [0.15, 0.2) is 0 Å². The smallest absolute Gasteiger partial charge is 0.240 e. The summed E-state index contributed by atoms with van der Waals surface area (Å²) in [6.07, 6.45) is 3.40. The topological polar surface area (TPSA) is 102 Å². The summed E-state index contributed by atoms with van der Waals surface area (Å²) in [4.78, 5) is 18.1. The van der Waals surface area contributed by atoms with E-state index in [4.69, 9.17) is 4.42 Å². The molecular formula is C17H20N4O3. The molecule has 0 radical (unpaired) electrons. The molecule has 2 aromatic rings. The molecule has 0 spiro atoms. The Morgan fingerprint density at radius 1 is 1.50 bits per heavy atom. The highest BCUT2D eigenvalue weighted by Crippen LogP contribution is 2.25. The van der Waals surface area contributed by atoms with Crippen molar-refractivity contribution in [3.8, 4) is 6.07 Å². The summed E-state index contributed by atoms with van der Waals surface area (Å²) in [6, 6.07) is 5.76. The van der Waals surface area contributed by atoms with Gasteiger partial charge in [0, 0.05) is 31.0 Å².